The molecule has 2 N–H and O–H groups in total. The lowest BCUT2D eigenvalue weighted by molar-refractivity contribution is 0.00694. The maximum absolute atomic E-state index is 10.9. The average molecular weight is 322 g/mol. The third kappa shape index (κ3) is 3.70. The predicted molar refractivity (Wildman–Crippen MR) is 82.3 cm³/mol. The number of aromatic nitrogens is 2. The molecule has 3 heterocycles. The second-order valence-electron chi connectivity index (χ2n) is 5.97. The Morgan fingerprint density at radius 1 is 1.17 bits per heavy atom. The Morgan fingerprint density at radius 3 is 2.35 bits per heavy atom. The zero-order chi connectivity index (χ0) is 16.2. The first-order valence-corrected chi connectivity index (χ1v) is 7.95. The number of aliphatic hydroxyl groups excluding tert-OH is 1. The third-order valence-corrected chi connectivity index (χ3v) is 4.55. The Bertz CT molecular complexity index is 525. The number of nitrogens with zero attached hydrogens (tertiary/aromatic N) is 4. The molecule has 8 heteroatoms. The topological polar surface area (TPSA) is 99.0 Å². The lowest BCUT2D eigenvalue weighted by Gasteiger charge is -2.33. The fourth-order valence-electron chi connectivity index (χ4n) is 3.05. The molecule has 1 aromatic rings. The van der Waals surface area contributed by atoms with E-state index in [1.807, 2.05) is 4.90 Å². The van der Waals surface area contributed by atoms with Crippen molar-refractivity contribution in [3.8, 4) is 0 Å². The summed E-state index contributed by atoms with van der Waals surface area (Å²) in [5.74, 6) is 0.773. The number of carbonyl (C=O) groups is 1. The molecule has 0 aliphatic carbocycles. The molecular formula is C15H22N4O4. The number of amides is 1. The predicted octanol–water partition coefficient (Wildman–Crippen LogP) is 0.737. The van der Waals surface area contributed by atoms with Crippen LogP contribution in [-0.4, -0.2) is 70.6 Å². The second kappa shape index (κ2) is 7.10. The van der Waals surface area contributed by atoms with Crippen molar-refractivity contribution in [2.75, 3.05) is 44.3 Å². The quantitative estimate of drug-likeness (QED) is 0.846. The lowest BCUT2D eigenvalue weighted by atomic mass is 9.91. The van der Waals surface area contributed by atoms with Gasteiger partial charge in [0, 0.05) is 57.3 Å². The van der Waals surface area contributed by atoms with E-state index >= 15 is 0 Å². The van der Waals surface area contributed by atoms with Crippen LogP contribution in [0.25, 0.3) is 0 Å². The minimum absolute atomic E-state index is 0.192. The number of anilines is 1. The fraction of sp³-hybridized carbons (Fsp3) is 0.667. The van der Waals surface area contributed by atoms with E-state index in [1.54, 1.807) is 12.4 Å². The molecule has 2 aliphatic heterocycles. The van der Waals surface area contributed by atoms with E-state index in [0.29, 0.717) is 45.3 Å². The van der Waals surface area contributed by atoms with Gasteiger partial charge in [-0.1, -0.05) is 0 Å². The summed E-state index contributed by atoms with van der Waals surface area (Å²) >= 11 is 0. The number of hydrogen-bond acceptors (Lipinski definition) is 6. The molecule has 1 aromatic heterocycles. The summed E-state index contributed by atoms with van der Waals surface area (Å²) in [6.07, 6.45) is 3.59. The van der Waals surface area contributed by atoms with Gasteiger partial charge in [-0.05, 0) is 18.8 Å². The van der Waals surface area contributed by atoms with Gasteiger partial charge in [-0.2, -0.15) is 0 Å². The fourth-order valence-corrected chi connectivity index (χ4v) is 3.05. The molecule has 2 aliphatic rings. The highest BCUT2D eigenvalue weighted by Crippen LogP contribution is 2.29. The molecule has 8 nitrogen and oxygen atoms in total. The molecule has 0 spiro atoms. The van der Waals surface area contributed by atoms with Crippen LogP contribution < -0.4 is 4.90 Å². The first kappa shape index (κ1) is 15.9. The van der Waals surface area contributed by atoms with Crippen LogP contribution in [0, 0.1) is 5.92 Å². The third-order valence-electron chi connectivity index (χ3n) is 4.55. The van der Waals surface area contributed by atoms with Crippen molar-refractivity contribution in [3.05, 3.63) is 18.0 Å². The summed E-state index contributed by atoms with van der Waals surface area (Å²) in [5.41, 5.74) is 0.727. The molecule has 0 saturated carbocycles. The van der Waals surface area contributed by atoms with Crippen LogP contribution >= 0.6 is 0 Å². The van der Waals surface area contributed by atoms with Crippen molar-refractivity contribution in [1.29, 1.82) is 0 Å². The van der Waals surface area contributed by atoms with Crippen LogP contribution in [0.2, 0.25) is 0 Å². The Labute approximate surface area is 134 Å². The molecule has 1 amide bonds. The van der Waals surface area contributed by atoms with E-state index in [1.165, 1.54) is 4.90 Å². The number of aliphatic hydroxyl groups is 1. The van der Waals surface area contributed by atoms with Gasteiger partial charge in [0.2, 0.25) is 5.95 Å². The van der Waals surface area contributed by atoms with Crippen molar-refractivity contribution >= 4 is 12.0 Å². The number of carboxylic acid groups (broad SMARTS) is 1. The Balaban J connectivity index is 1.60. The van der Waals surface area contributed by atoms with Gasteiger partial charge in [0.25, 0.3) is 0 Å². The molecule has 2 fully saturated rings. The monoisotopic (exact) mass is 322 g/mol. The van der Waals surface area contributed by atoms with Crippen molar-refractivity contribution in [2.45, 2.75) is 18.9 Å². The van der Waals surface area contributed by atoms with Crippen molar-refractivity contribution < 1.29 is 19.7 Å². The number of hydrogen-bond donors (Lipinski definition) is 2. The second-order valence-corrected chi connectivity index (χ2v) is 5.97. The zero-order valence-corrected chi connectivity index (χ0v) is 13.0. The van der Waals surface area contributed by atoms with Crippen LogP contribution in [-0.2, 0) is 4.74 Å². The molecule has 23 heavy (non-hydrogen) atoms. The van der Waals surface area contributed by atoms with Gasteiger partial charge in [0.15, 0.2) is 0 Å². The maximum atomic E-state index is 10.9. The molecule has 1 unspecified atom stereocenters. The largest absolute Gasteiger partial charge is 0.465 e. The van der Waals surface area contributed by atoms with E-state index in [9.17, 15) is 9.90 Å². The highest BCUT2D eigenvalue weighted by atomic mass is 16.5. The van der Waals surface area contributed by atoms with E-state index in [-0.39, 0.29) is 5.92 Å². The van der Waals surface area contributed by atoms with Crippen LogP contribution in [0.1, 0.15) is 24.5 Å². The Hall–Kier alpha value is -1.93. The van der Waals surface area contributed by atoms with Crippen LogP contribution in [0.3, 0.4) is 0 Å². The number of piperazine rings is 1. The summed E-state index contributed by atoms with van der Waals surface area (Å²) in [6.45, 7) is 3.43. The minimum Gasteiger partial charge on any atom is -0.465 e. The molecule has 126 valence electrons. The summed E-state index contributed by atoms with van der Waals surface area (Å²) < 4.78 is 5.31. The minimum atomic E-state index is -0.888. The standard InChI is InChI=1S/C15H22N4O4/c20-13(11-1-7-23-8-2-11)12-9-16-14(17-10-12)18-3-5-19(6-4-18)15(21)22/h9-11,13,20H,1-8H2,(H,21,22). The van der Waals surface area contributed by atoms with Crippen LogP contribution in [0.15, 0.2) is 12.4 Å². The van der Waals surface area contributed by atoms with Crippen LogP contribution in [0.4, 0.5) is 10.7 Å². The summed E-state index contributed by atoms with van der Waals surface area (Å²) in [7, 11) is 0. The van der Waals surface area contributed by atoms with Crippen molar-refractivity contribution in [2.24, 2.45) is 5.92 Å². The van der Waals surface area contributed by atoms with E-state index < -0.39 is 12.2 Å². The summed E-state index contributed by atoms with van der Waals surface area (Å²) in [4.78, 5) is 22.9. The summed E-state index contributed by atoms with van der Waals surface area (Å²) in [6, 6.07) is 0. The van der Waals surface area contributed by atoms with Crippen molar-refractivity contribution in [3.63, 3.8) is 0 Å². The molecule has 0 bridgehead atoms. The SMILES string of the molecule is O=C(O)N1CCN(c2ncc(C(O)C3CCOCC3)cn2)CC1. The average Bonchev–Trinajstić information content (AvgIpc) is 2.62. The Kier molecular flexibility index (Phi) is 4.92. The van der Waals surface area contributed by atoms with Gasteiger partial charge in [-0.3, -0.25) is 0 Å². The molecule has 1 atom stereocenters. The molecule has 2 saturated heterocycles. The normalized spacial score (nSPS) is 21.3. The van der Waals surface area contributed by atoms with Crippen LogP contribution in [0.5, 0.6) is 0 Å². The van der Waals surface area contributed by atoms with Gasteiger partial charge in [0.1, 0.15) is 0 Å². The molecule has 3 rings (SSSR count). The molecular weight excluding hydrogens is 300 g/mol. The van der Waals surface area contributed by atoms with Gasteiger partial charge in [0.05, 0.1) is 6.10 Å². The zero-order valence-electron chi connectivity index (χ0n) is 13.0. The maximum Gasteiger partial charge on any atom is 0.407 e. The lowest BCUT2D eigenvalue weighted by Crippen LogP contribution is -2.48. The van der Waals surface area contributed by atoms with E-state index in [2.05, 4.69) is 9.97 Å². The van der Waals surface area contributed by atoms with Gasteiger partial charge >= 0.3 is 6.09 Å². The highest BCUT2D eigenvalue weighted by molar-refractivity contribution is 5.65. The molecule has 0 aromatic carbocycles. The smallest absolute Gasteiger partial charge is 0.407 e. The first-order valence-electron chi connectivity index (χ1n) is 7.95. The van der Waals surface area contributed by atoms with Gasteiger partial charge in [-0.15, -0.1) is 0 Å². The molecule has 0 radical (unpaired) electrons. The van der Waals surface area contributed by atoms with Crippen molar-refractivity contribution in [1.82, 2.24) is 14.9 Å². The van der Waals surface area contributed by atoms with E-state index in [4.69, 9.17) is 9.84 Å². The number of ether oxygens (including phenoxy) is 1. The van der Waals surface area contributed by atoms with Gasteiger partial charge in [-0.25, -0.2) is 14.8 Å². The Morgan fingerprint density at radius 2 is 1.78 bits per heavy atom. The van der Waals surface area contributed by atoms with E-state index in [0.717, 1.165) is 18.4 Å². The summed E-state index contributed by atoms with van der Waals surface area (Å²) in [5, 5.41) is 19.4. The first-order chi connectivity index (χ1) is 11.1. The van der Waals surface area contributed by atoms with Gasteiger partial charge < -0.3 is 24.7 Å². The highest BCUT2D eigenvalue weighted by Gasteiger charge is 2.25. The number of rotatable bonds is 3.